The van der Waals surface area contributed by atoms with Crippen LogP contribution in [0.2, 0.25) is 0 Å². The van der Waals surface area contributed by atoms with Crippen molar-refractivity contribution < 1.29 is 23.8 Å². The molecule has 0 heterocycles. The van der Waals surface area contributed by atoms with Crippen LogP contribution in [0.15, 0.2) is 18.2 Å². The number of carbonyl (C=O) groups is 2. The van der Waals surface area contributed by atoms with E-state index in [1.165, 1.54) is 18.2 Å². The maximum atomic E-state index is 14.0. The van der Waals surface area contributed by atoms with Crippen LogP contribution in [-0.4, -0.2) is 29.6 Å². The molecule has 0 aromatic heterocycles. The van der Waals surface area contributed by atoms with E-state index in [0.717, 1.165) is 32.1 Å². The van der Waals surface area contributed by atoms with E-state index in [4.69, 9.17) is 4.74 Å². The van der Waals surface area contributed by atoms with Gasteiger partial charge in [-0.3, -0.25) is 9.59 Å². The van der Waals surface area contributed by atoms with Crippen molar-refractivity contribution in [3.63, 3.8) is 0 Å². The fourth-order valence-electron chi connectivity index (χ4n) is 3.47. The van der Waals surface area contributed by atoms with Crippen LogP contribution in [0.4, 0.5) is 4.39 Å². The Bertz CT molecular complexity index is 659. The van der Waals surface area contributed by atoms with Gasteiger partial charge in [-0.15, -0.1) is 0 Å². The number of halogens is 1. The number of ether oxygens (including phenoxy) is 1. The van der Waals surface area contributed by atoms with Crippen molar-refractivity contribution in [1.82, 2.24) is 5.32 Å². The van der Waals surface area contributed by atoms with Crippen molar-refractivity contribution in [3.05, 3.63) is 35.1 Å². The first-order valence-corrected chi connectivity index (χ1v) is 9.44. The summed E-state index contributed by atoms with van der Waals surface area (Å²) in [5, 5.41) is 12.3. The second-order valence-electron chi connectivity index (χ2n) is 7.43. The van der Waals surface area contributed by atoms with E-state index >= 15 is 0 Å². The quantitative estimate of drug-likeness (QED) is 0.727. The molecule has 2 atom stereocenters. The molecular formula is C20H26FNO4. The lowest BCUT2D eigenvalue weighted by Gasteiger charge is -2.23. The lowest BCUT2D eigenvalue weighted by atomic mass is 9.94. The molecule has 142 valence electrons. The molecular weight excluding hydrogens is 337 g/mol. The van der Waals surface area contributed by atoms with Crippen LogP contribution in [-0.2, 0) is 16.1 Å². The van der Waals surface area contributed by atoms with Gasteiger partial charge in [0.05, 0.1) is 12.5 Å². The van der Waals surface area contributed by atoms with Gasteiger partial charge in [0.1, 0.15) is 5.82 Å². The molecule has 0 spiro atoms. The Morgan fingerprint density at radius 1 is 1.15 bits per heavy atom. The molecule has 1 aromatic carbocycles. The number of hydrogen-bond acceptors (Lipinski definition) is 3. The molecule has 2 saturated carbocycles. The molecule has 0 radical (unpaired) electrons. The summed E-state index contributed by atoms with van der Waals surface area (Å²) < 4.78 is 19.5. The molecule has 1 amide bonds. The number of carboxylic acids is 1. The smallest absolute Gasteiger partial charge is 0.308 e. The maximum Gasteiger partial charge on any atom is 0.308 e. The van der Waals surface area contributed by atoms with Crippen LogP contribution in [0.25, 0.3) is 0 Å². The number of aliphatic carboxylic acids is 1. The lowest BCUT2D eigenvalue weighted by molar-refractivity contribution is -0.142. The molecule has 2 fully saturated rings. The Kier molecular flexibility index (Phi) is 6.25. The fourth-order valence-corrected chi connectivity index (χ4v) is 3.47. The molecule has 2 N–H and O–H groups in total. The van der Waals surface area contributed by atoms with Crippen LogP contribution in [0, 0.1) is 17.7 Å². The van der Waals surface area contributed by atoms with Crippen molar-refractivity contribution in [3.8, 4) is 0 Å². The largest absolute Gasteiger partial charge is 0.481 e. The minimum absolute atomic E-state index is 0.143. The van der Waals surface area contributed by atoms with Crippen LogP contribution in [0.5, 0.6) is 0 Å². The number of nitrogens with one attached hydrogen (secondary N) is 1. The number of carbonyl (C=O) groups excluding carboxylic acids is 1. The van der Waals surface area contributed by atoms with Gasteiger partial charge in [-0.1, -0.05) is 19.3 Å². The summed E-state index contributed by atoms with van der Waals surface area (Å²) in [6.45, 7) is 0.767. The predicted octanol–water partition coefficient (Wildman–Crippen LogP) is 3.52. The average molecular weight is 363 g/mol. The molecule has 2 aliphatic carbocycles. The summed E-state index contributed by atoms with van der Waals surface area (Å²) in [5.41, 5.74) is 0.693. The summed E-state index contributed by atoms with van der Waals surface area (Å²) >= 11 is 0. The van der Waals surface area contributed by atoms with E-state index in [-0.39, 0.29) is 18.6 Å². The molecule has 0 saturated heterocycles. The fraction of sp³-hybridized carbons (Fsp3) is 0.600. The van der Waals surface area contributed by atoms with Crippen LogP contribution in [0.3, 0.4) is 0 Å². The van der Waals surface area contributed by atoms with Crippen LogP contribution < -0.4 is 5.32 Å². The van der Waals surface area contributed by atoms with Crippen molar-refractivity contribution in [1.29, 1.82) is 0 Å². The Hall–Kier alpha value is -1.95. The summed E-state index contributed by atoms with van der Waals surface area (Å²) in [5.74, 6) is -1.59. The van der Waals surface area contributed by atoms with Gasteiger partial charge < -0.3 is 15.2 Å². The number of benzene rings is 1. The van der Waals surface area contributed by atoms with Gasteiger partial charge >= 0.3 is 5.97 Å². The number of carboxylic acid groups (broad SMARTS) is 1. The van der Waals surface area contributed by atoms with Crippen molar-refractivity contribution in [2.24, 2.45) is 11.8 Å². The van der Waals surface area contributed by atoms with Crippen molar-refractivity contribution >= 4 is 11.9 Å². The SMILES string of the molecule is O=C(N[C@H]1CCCCC[C@H]1C(=O)O)c1ccc(F)c(COCC2CC2)c1. The molecule has 0 bridgehead atoms. The topological polar surface area (TPSA) is 75.6 Å². The van der Waals surface area contributed by atoms with E-state index < -0.39 is 17.7 Å². The van der Waals surface area contributed by atoms with Gasteiger partial charge in [-0.05, 0) is 49.8 Å². The number of hydrogen-bond donors (Lipinski definition) is 2. The monoisotopic (exact) mass is 363 g/mol. The van der Waals surface area contributed by atoms with E-state index in [9.17, 15) is 19.1 Å². The minimum Gasteiger partial charge on any atom is -0.481 e. The maximum absolute atomic E-state index is 14.0. The first-order valence-electron chi connectivity index (χ1n) is 9.44. The minimum atomic E-state index is -0.870. The normalized spacial score (nSPS) is 23.3. The third kappa shape index (κ3) is 5.04. The Morgan fingerprint density at radius 2 is 1.92 bits per heavy atom. The van der Waals surface area contributed by atoms with Gasteiger partial charge in [0.15, 0.2) is 0 Å². The molecule has 1 aromatic rings. The lowest BCUT2D eigenvalue weighted by Crippen LogP contribution is -2.42. The summed E-state index contributed by atoms with van der Waals surface area (Å²) in [7, 11) is 0. The zero-order chi connectivity index (χ0) is 18.5. The second-order valence-corrected chi connectivity index (χ2v) is 7.43. The highest BCUT2D eigenvalue weighted by molar-refractivity contribution is 5.94. The molecule has 0 unspecified atom stereocenters. The molecule has 26 heavy (non-hydrogen) atoms. The third-order valence-corrected chi connectivity index (χ3v) is 5.27. The zero-order valence-corrected chi connectivity index (χ0v) is 14.9. The van der Waals surface area contributed by atoms with Crippen LogP contribution >= 0.6 is 0 Å². The summed E-state index contributed by atoms with van der Waals surface area (Å²) in [6.07, 6.45) is 6.30. The zero-order valence-electron chi connectivity index (χ0n) is 14.9. The number of amides is 1. The van der Waals surface area contributed by atoms with Gasteiger partial charge in [0.2, 0.25) is 0 Å². The van der Waals surface area contributed by atoms with Crippen molar-refractivity contribution in [2.45, 2.75) is 57.6 Å². The van der Waals surface area contributed by atoms with E-state index in [1.54, 1.807) is 0 Å². The first-order chi connectivity index (χ1) is 12.5. The highest BCUT2D eigenvalue weighted by Crippen LogP contribution is 2.29. The number of rotatable bonds is 7. The summed E-state index contributed by atoms with van der Waals surface area (Å²) in [6, 6.07) is 3.82. The highest BCUT2D eigenvalue weighted by Gasteiger charge is 2.31. The Labute approximate surface area is 152 Å². The van der Waals surface area contributed by atoms with Crippen LogP contribution in [0.1, 0.15) is 60.9 Å². The Balaban J connectivity index is 1.64. The molecule has 2 aliphatic rings. The van der Waals surface area contributed by atoms with E-state index in [2.05, 4.69) is 5.32 Å². The molecule has 0 aliphatic heterocycles. The first kappa shape index (κ1) is 18.8. The van der Waals surface area contributed by atoms with E-state index in [1.807, 2.05) is 0 Å². The highest BCUT2D eigenvalue weighted by atomic mass is 19.1. The third-order valence-electron chi connectivity index (χ3n) is 5.27. The van der Waals surface area contributed by atoms with Gasteiger partial charge in [-0.2, -0.15) is 0 Å². The second kappa shape index (κ2) is 8.62. The van der Waals surface area contributed by atoms with E-state index in [0.29, 0.717) is 36.5 Å². The standard InChI is InChI=1S/C20H26FNO4/c21-17-9-8-14(10-15(17)12-26-11-13-6-7-13)19(23)22-18-5-3-1-2-4-16(18)20(24)25/h8-10,13,16,18H,1-7,11-12H2,(H,22,23)(H,24,25)/t16-,18+/m1/s1. The average Bonchev–Trinajstić information content (AvgIpc) is 3.43. The molecule has 3 rings (SSSR count). The predicted molar refractivity (Wildman–Crippen MR) is 94.2 cm³/mol. The van der Waals surface area contributed by atoms with Crippen molar-refractivity contribution in [2.75, 3.05) is 6.61 Å². The summed E-state index contributed by atoms with van der Waals surface area (Å²) in [4.78, 5) is 24.1. The molecule has 5 nitrogen and oxygen atoms in total. The van der Waals surface area contributed by atoms with Gasteiger partial charge in [0.25, 0.3) is 5.91 Å². The van der Waals surface area contributed by atoms with Gasteiger partial charge in [-0.25, -0.2) is 4.39 Å². The van der Waals surface area contributed by atoms with Gasteiger partial charge in [0, 0.05) is 23.8 Å². The molecule has 6 heteroatoms. The Morgan fingerprint density at radius 3 is 2.65 bits per heavy atom.